The fraction of sp³-hybridized carbons (Fsp3) is 0. The number of hydrogen-bond acceptors (Lipinski definition) is 5. The lowest BCUT2D eigenvalue weighted by Gasteiger charge is -2.00. The van der Waals surface area contributed by atoms with E-state index in [1.165, 1.54) is 0 Å². The lowest BCUT2D eigenvalue weighted by molar-refractivity contribution is 0.804. The summed E-state index contributed by atoms with van der Waals surface area (Å²) in [6, 6.07) is 15.2. The lowest BCUT2D eigenvalue weighted by atomic mass is 10.1. The Morgan fingerprint density at radius 2 is 1.83 bits per heavy atom. The average molecular weight is 324 g/mol. The lowest BCUT2D eigenvalue weighted by Crippen LogP contribution is -1.93. The number of H-pyrrole nitrogens is 1. The van der Waals surface area contributed by atoms with E-state index in [1.54, 1.807) is 4.68 Å². The molecule has 0 spiro atoms. The van der Waals surface area contributed by atoms with Gasteiger partial charge in [0.2, 0.25) is 5.82 Å². The Kier molecular flexibility index (Phi) is 3.32. The summed E-state index contributed by atoms with van der Waals surface area (Å²) < 4.78 is 1.68. The number of nitrogens with zero attached hydrogens (tertiary/aromatic N) is 6. The van der Waals surface area contributed by atoms with E-state index in [-0.39, 0.29) is 0 Å². The highest BCUT2D eigenvalue weighted by molar-refractivity contribution is 6.30. The molecule has 4 aromatic rings. The molecule has 23 heavy (non-hydrogen) atoms. The van der Waals surface area contributed by atoms with Gasteiger partial charge < -0.3 is 0 Å². The van der Waals surface area contributed by atoms with E-state index in [0.29, 0.717) is 10.8 Å². The molecule has 8 heteroatoms. The van der Waals surface area contributed by atoms with Crippen LogP contribution in [0.25, 0.3) is 28.3 Å². The van der Waals surface area contributed by atoms with Gasteiger partial charge in [-0.1, -0.05) is 41.1 Å². The highest BCUT2D eigenvalue weighted by atomic mass is 35.5. The fourth-order valence-corrected chi connectivity index (χ4v) is 2.43. The Hall–Kier alpha value is -3.06. The molecule has 7 nitrogen and oxygen atoms in total. The normalized spacial score (nSPS) is 10.8. The second-order valence-corrected chi connectivity index (χ2v) is 5.28. The highest BCUT2D eigenvalue weighted by Gasteiger charge is 2.09. The fourth-order valence-electron chi connectivity index (χ4n) is 2.24. The third kappa shape index (κ3) is 2.69. The quantitative estimate of drug-likeness (QED) is 0.626. The zero-order valence-corrected chi connectivity index (χ0v) is 12.5. The van der Waals surface area contributed by atoms with Crippen molar-refractivity contribution in [3.05, 3.63) is 59.8 Å². The molecule has 0 atom stereocenters. The Morgan fingerprint density at radius 3 is 2.65 bits per heavy atom. The molecule has 2 aromatic carbocycles. The Labute approximate surface area is 135 Å². The number of hydrogen-bond donors (Lipinski definition) is 1. The van der Waals surface area contributed by atoms with Gasteiger partial charge in [0.25, 0.3) is 0 Å². The first kappa shape index (κ1) is 13.6. The summed E-state index contributed by atoms with van der Waals surface area (Å²) >= 11 is 6.01. The van der Waals surface area contributed by atoms with Crippen molar-refractivity contribution >= 4 is 11.6 Å². The summed E-state index contributed by atoms with van der Waals surface area (Å²) in [6.45, 7) is 0. The van der Waals surface area contributed by atoms with Crippen molar-refractivity contribution in [2.24, 2.45) is 0 Å². The monoisotopic (exact) mass is 323 g/mol. The molecule has 112 valence electrons. The maximum Gasteiger partial charge on any atom is 0.204 e. The molecule has 0 amide bonds. The minimum atomic E-state index is 0.536. The van der Waals surface area contributed by atoms with Crippen LogP contribution in [0.3, 0.4) is 0 Å². The molecule has 4 rings (SSSR count). The predicted octanol–water partition coefficient (Wildman–Crippen LogP) is 2.77. The predicted molar refractivity (Wildman–Crippen MR) is 85.0 cm³/mol. The number of tetrazole rings is 1. The molecule has 2 aromatic heterocycles. The van der Waals surface area contributed by atoms with Gasteiger partial charge in [0.05, 0.1) is 11.9 Å². The first-order chi connectivity index (χ1) is 11.3. The van der Waals surface area contributed by atoms with Gasteiger partial charge in [-0.25, -0.2) is 4.68 Å². The number of halogens is 1. The topological polar surface area (TPSA) is 85.2 Å². The largest absolute Gasteiger partial charge is 0.220 e. The van der Waals surface area contributed by atoms with Crippen LogP contribution in [0.2, 0.25) is 5.02 Å². The SMILES string of the molecule is Clc1cccc(-n2cc(-c3cccc(-c4nn[nH]n4)c3)nn2)c1. The molecular formula is C15H10ClN7. The van der Waals surface area contributed by atoms with Gasteiger partial charge in [-0.05, 0) is 29.5 Å². The van der Waals surface area contributed by atoms with Gasteiger partial charge in [0, 0.05) is 16.1 Å². The zero-order valence-electron chi connectivity index (χ0n) is 11.8. The Morgan fingerprint density at radius 1 is 0.957 bits per heavy atom. The van der Waals surface area contributed by atoms with Gasteiger partial charge >= 0.3 is 0 Å². The average Bonchev–Trinajstić information content (AvgIpc) is 3.27. The van der Waals surface area contributed by atoms with Crippen LogP contribution in [-0.2, 0) is 0 Å². The maximum atomic E-state index is 6.01. The van der Waals surface area contributed by atoms with E-state index < -0.39 is 0 Å². The second-order valence-electron chi connectivity index (χ2n) is 4.84. The molecule has 2 heterocycles. The third-order valence-corrected chi connectivity index (χ3v) is 3.56. The third-order valence-electron chi connectivity index (χ3n) is 3.33. The molecule has 1 N–H and O–H groups in total. The molecule has 0 saturated carbocycles. The van der Waals surface area contributed by atoms with Crippen LogP contribution in [0.4, 0.5) is 0 Å². The Bertz CT molecular complexity index is 946. The van der Waals surface area contributed by atoms with E-state index in [1.807, 2.05) is 54.7 Å². The van der Waals surface area contributed by atoms with Crippen LogP contribution in [0.15, 0.2) is 54.7 Å². The second kappa shape index (κ2) is 5.62. The summed E-state index contributed by atoms with van der Waals surface area (Å²) in [7, 11) is 0. The smallest absolute Gasteiger partial charge is 0.204 e. The van der Waals surface area contributed by atoms with Crippen molar-refractivity contribution in [3.63, 3.8) is 0 Å². The summed E-state index contributed by atoms with van der Waals surface area (Å²) in [5.41, 5.74) is 3.37. The van der Waals surface area contributed by atoms with Crippen molar-refractivity contribution in [2.75, 3.05) is 0 Å². The molecule has 0 radical (unpaired) electrons. The van der Waals surface area contributed by atoms with Crippen LogP contribution in [0.1, 0.15) is 0 Å². The van der Waals surface area contributed by atoms with Crippen LogP contribution in [0.5, 0.6) is 0 Å². The molecule has 0 aliphatic heterocycles. The van der Waals surface area contributed by atoms with Gasteiger partial charge in [-0.15, -0.1) is 15.3 Å². The highest BCUT2D eigenvalue weighted by Crippen LogP contribution is 2.23. The molecule has 0 bridgehead atoms. The van der Waals surface area contributed by atoms with Crippen LogP contribution in [-0.4, -0.2) is 35.6 Å². The number of benzene rings is 2. The van der Waals surface area contributed by atoms with Crippen molar-refractivity contribution in [2.45, 2.75) is 0 Å². The first-order valence-electron chi connectivity index (χ1n) is 6.82. The van der Waals surface area contributed by atoms with Crippen molar-refractivity contribution in [1.82, 2.24) is 35.6 Å². The van der Waals surface area contributed by atoms with Gasteiger partial charge in [0.15, 0.2) is 0 Å². The zero-order chi connectivity index (χ0) is 15.6. The van der Waals surface area contributed by atoms with Crippen LogP contribution in [0, 0.1) is 0 Å². The molecular weight excluding hydrogens is 314 g/mol. The van der Waals surface area contributed by atoms with E-state index in [2.05, 4.69) is 30.9 Å². The van der Waals surface area contributed by atoms with Crippen LogP contribution < -0.4 is 0 Å². The number of aromatic nitrogens is 7. The standard InChI is InChI=1S/C15H10ClN7/c16-12-5-2-6-13(8-12)23-9-14(17-22-23)10-3-1-4-11(7-10)15-18-20-21-19-15/h1-9H,(H,18,19,20,21). The molecule has 0 aliphatic rings. The minimum absolute atomic E-state index is 0.536. The van der Waals surface area contributed by atoms with E-state index in [4.69, 9.17) is 11.6 Å². The van der Waals surface area contributed by atoms with Crippen molar-refractivity contribution < 1.29 is 0 Å². The maximum absolute atomic E-state index is 6.01. The number of nitrogens with one attached hydrogen (secondary N) is 1. The molecule has 0 fully saturated rings. The first-order valence-corrected chi connectivity index (χ1v) is 7.20. The van der Waals surface area contributed by atoms with E-state index >= 15 is 0 Å². The van der Waals surface area contributed by atoms with Gasteiger partial charge in [-0.2, -0.15) is 5.21 Å². The summed E-state index contributed by atoms with van der Waals surface area (Å²) in [4.78, 5) is 0. The number of aromatic amines is 1. The molecule has 0 aliphatic carbocycles. The minimum Gasteiger partial charge on any atom is -0.220 e. The van der Waals surface area contributed by atoms with Crippen LogP contribution >= 0.6 is 11.6 Å². The summed E-state index contributed by atoms with van der Waals surface area (Å²) in [5, 5.41) is 23.0. The van der Waals surface area contributed by atoms with Gasteiger partial charge in [-0.3, -0.25) is 0 Å². The molecule has 0 unspecified atom stereocenters. The summed E-state index contributed by atoms with van der Waals surface area (Å²) in [6.07, 6.45) is 1.85. The number of rotatable bonds is 3. The van der Waals surface area contributed by atoms with Gasteiger partial charge in [0.1, 0.15) is 5.69 Å². The molecule has 0 saturated heterocycles. The summed E-state index contributed by atoms with van der Waals surface area (Å²) in [5.74, 6) is 0.536. The van der Waals surface area contributed by atoms with Crippen molar-refractivity contribution in [1.29, 1.82) is 0 Å². The van der Waals surface area contributed by atoms with E-state index in [9.17, 15) is 0 Å². The van der Waals surface area contributed by atoms with E-state index in [0.717, 1.165) is 22.5 Å². The van der Waals surface area contributed by atoms with Crippen molar-refractivity contribution in [3.8, 4) is 28.3 Å². The Balaban J connectivity index is 1.71.